The molecule has 1 saturated carbocycles. The zero-order valence-corrected chi connectivity index (χ0v) is 13.1. The molecule has 2 aromatic rings. The van der Waals surface area contributed by atoms with Crippen LogP contribution in [0.4, 0.5) is 0 Å². The predicted octanol–water partition coefficient (Wildman–Crippen LogP) is 4.94. The van der Waals surface area contributed by atoms with E-state index in [9.17, 15) is 0 Å². The van der Waals surface area contributed by atoms with Gasteiger partial charge in [0.1, 0.15) is 5.76 Å². The first kappa shape index (κ1) is 13.9. The Morgan fingerprint density at radius 3 is 2.35 bits per heavy atom. The minimum absolute atomic E-state index is 0.000116. The molecule has 1 aliphatic carbocycles. The minimum Gasteiger partial charge on any atom is -0.466 e. The van der Waals surface area contributed by atoms with Gasteiger partial charge in [-0.15, -0.1) is 0 Å². The first-order chi connectivity index (χ1) is 9.74. The molecule has 0 spiro atoms. The van der Waals surface area contributed by atoms with Gasteiger partial charge in [0.25, 0.3) is 0 Å². The van der Waals surface area contributed by atoms with Crippen LogP contribution in [0, 0.1) is 0 Å². The van der Waals surface area contributed by atoms with E-state index in [0.29, 0.717) is 0 Å². The first-order valence-corrected chi connectivity index (χ1v) is 8.07. The predicted molar refractivity (Wildman–Crippen MR) is 84.5 cm³/mol. The molecule has 1 aromatic heterocycles. The highest BCUT2D eigenvalue weighted by Gasteiger charge is 2.42. The number of halogens is 1. The van der Waals surface area contributed by atoms with Crippen molar-refractivity contribution >= 4 is 15.9 Å². The second kappa shape index (κ2) is 5.74. The molecule has 0 aliphatic heterocycles. The van der Waals surface area contributed by atoms with E-state index in [1.165, 1.54) is 24.8 Å². The van der Waals surface area contributed by atoms with Crippen molar-refractivity contribution in [3.63, 3.8) is 0 Å². The number of benzene rings is 1. The summed E-state index contributed by atoms with van der Waals surface area (Å²) >= 11 is 3.56. The second-order valence-electron chi connectivity index (χ2n) is 5.69. The van der Waals surface area contributed by atoms with Crippen LogP contribution < -0.4 is 5.73 Å². The molecule has 1 aromatic carbocycles. The largest absolute Gasteiger partial charge is 0.466 e. The number of hydrogen-bond donors (Lipinski definition) is 1. The molecular weight excluding hydrogens is 314 g/mol. The van der Waals surface area contributed by atoms with Gasteiger partial charge in [0.15, 0.2) is 0 Å². The highest BCUT2D eigenvalue weighted by molar-refractivity contribution is 9.10. The van der Waals surface area contributed by atoms with Gasteiger partial charge in [-0.2, -0.15) is 0 Å². The normalized spacial score (nSPS) is 19.7. The fourth-order valence-electron chi connectivity index (χ4n) is 3.51. The maximum atomic E-state index is 6.66. The number of hydrogen-bond acceptors (Lipinski definition) is 2. The van der Waals surface area contributed by atoms with Crippen molar-refractivity contribution < 1.29 is 4.42 Å². The lowest BCUT2D eigenvalue weighted by Gasteiger charge is -2.42. The Bertz CT molecular complexity index is 557. The highest BCUT2D eigenvalue weighted by atomic mass is 79.9. The van der Waals surface area contributed by atoms with E-state index in [4.69, 9.17) is 10.2 Å². The Hall–Kier alpha value is -1.06. The molecule has 1 unspecified atom stereocenters. The van der Waals surface area contributed by atoms with E-state index in [-0.39, 0.29) is 11.5 Å². The second-order valence-corrected chi connectivity index (χ2v) is 6.55. The van der Waals surface area contributed by atoms with E-state index in [1.807, 2.05) is 6.07 Å². The van der Waals surface area contributed by atoms with Crippen LogP contribution >= 0.6 is 15.9 Å². The van der Waals surface area contributed by atoms with Gasteiger partial charge in [-0.3, -0.25) is 0 Å². The minimum atomic E-state index is -0.102. The molecule has 1 heterocycles. The van der Waals surface area contributed by atoms with Crippen LogP contribution in [-0.2, 0) is 5.41 Å². The summed E-state index contributed by atoms with van der Waals surface area (Å²) in [6.45, 7) is 0. The third-order valence-electron chi connectivity index (χ3n) is 4.62. The lowest BCUT2D eigenvalue weighted by molar-refractivity contribution is 0.223. The van der Waals surface area contributed by atoms with Crippen LogP contribution in [0.25, 0.3) is 0 Å². The van der Waals surface area contributed by atoms with E-state index in [0.717, 1.165) is 23.1 Å². The molecule has 1 atom stereocenters. The van der Waals surface area contributed by atoms with Crippen molar-refractivity contribution in [1.29, 1.82) is 0 Å². The van der Waals surface area contributed by atoms with Crippen LogP contribution in [0.15, 0.2) is 51.6 Å². The molecule has 2 nitrogen and oxygen atoms in total. The van der Waals surface area contributed by atoms with E-state index in [2.05, 4.69) is 46.3 Å². The fourth-order valence-corrected chi connectivity index (χ4v) is 3.96. The van der Waals surface area contributed by atoms with Crippen LogP contribution in [0.3, 0.4) is 0 Å². The molecule has 3 rings (SSSR count). The summed E-state index contributed by atoms with van der Waals surface area (Å²) < 4.78 is 6.63. The number of nitrogens with two attached hydrogens (primary N) is 1. The summed E-state index contributed by atoms with van der Waals surface area (Å²) in [5, 5.41) is 0. The average Bonchev–Trinajstić information content (AvgIpc) is 2.94. The van der Waals surface area contributed by atoms with Gasteiger partial charge in [0.2, 0.25) is 0 Å². The molecule has 1 aliphatic rings. The molecule has 106 valence electrons. The van der Waals surface area contributed by atoms with E-state index < -0.39 is 0 Å². The summed E-state index contributed by atoms with van der Waals surface area (Å²) in [7, 11) is 0. The zero-order chi connectivity index (χ0) is 14.0. The fraction of sp³-hybridized carbons (Fsp3) is 0.412. The lowest BCUT2D eigenvalue weighted by atomic mass is 9.64. The maximum absolute atomic E-state index is 6.66. The molecule has 0 bridgehead atoms. The summed E-state index contributed by atoms with van der Waals surface area (Å²) in [5.41, 5.74) is 8.00. The van der Waals surface area contributed by atoms with Gasteiger partial charge < -0.3 is 10.2 Å². The van der Waals surface area contributed by atoms with Gasteiger partial charge in [-0.05, 0) is 40.4 Å². The van der Waals surface area contributed by atoms with Crippen LogP contribution in [0.2, 0.25) is 0 Å². The standard InChI is InChI=1S/C17H20BrNO/c18-14-9-12-20-15(14)16(19)17(10-5-2-6-11-17)13-7-3-1-4-8-13/h1,3-4,7-9,12,16H,2,5-6,10-11,19H2. The molecule has 20 heavy (non-hydrogen) atoms. The van der Waals surface area contributed by atoms with Crippen molar-refractivity contribution in [2.24, 2.45) is 5.73 Å². The van der Waals surface area contributed by atoms with E-state index >= 15 is 0 Å². The Balaban J connectivity index is 2.04. The number of rotatable bonds is 3. The third-order valence-corrected chi connectivity index (χ3v) is 5.27. The van der Waals surface area contributed by atoms with Crippen molar-refractivity contribution in [3.8, 4) is 0 Å². The molecule has 1 fully saturated rings. The zero-order valence-electron chi connectivity index (χ0n) is 11.5. The summed E-state index contributed by atoms with van der Waals surface area (Å²) in [6, 6.07) is 12.5. The Morgan fingerprint density at radius 1 is 1.05 bits per heavy atom. The average molecular weight is 334 g/mol. The molecule has 0 radical (unpaired) electrons. The van der Waals surface area contributed by atoms with Gasteiger partial charge in [0, 0.05) is 5.41 Å². The maximum Gasteiger partial charge on any atom is 0.135 e. The SMILES string of the molecule is NC(c1occc1Br)C1(c2ccccc2)CCCCC1. The van der Waals surface area contributed by atoms with Crippen LogP contribution in [0.5, 0.6) is 0 Å². The summed E-state index contributed by atoms with van der Waals surface area (Å²) in [4.78, 5) is 0. The first-order valence-electron chi connectivity index (χ1n) is 7.28. The highest BCUT2D eigenvalue weighted by Crippen LogP contribution is 2.48. The third kappa shape index (κ3) is 2.33. The van der Waals surface area contributed by atoms with Gasteiger partial charge in [0.05, 0.1) is 16.8 Å². The van der Waals surface area contributed by atoms with E-state index in [1.54, 1.807) is 6.26 Å². The molecule has 0 saturated heterocycles. The summed E-state index contributed by atoms with van der Waals surface area (Å²) in [5.74, 6) is 0.871. The van der Waals surface area contributed by atoms with Crippen molar-refractivity contribution in [2.45, 2.75) is 43.6 Å². The Morgan fingerprint density at radius 2 is 1.75 bits per heavy atom. The topological polar surface area (TPSA) is 39.2 Å². The molecule has 3 heteroatoms. The number of furan rings is 1. The molecule has 0 amide bonds. The molecule has 2 N–H and O–H groups in total. The summed E-state index contributed by atoms with van der Waals surface area (Å²) in [6.07, 6.45) is 7.75. The van der Waals surface area contributed by atoms with Crippen molar-refractivity contribution in [2.75, 3.05) is 0 Å². The van der Waals surface area contributed by atoms with Gasteiger partial charge >= 0.3 is 0 Å². The van der Waals surface area contributed by atoms with Gasteiger partial charge in [-0.1, -0.05) is 49.6 Å². The van der Waals surface area contributed by atoms with Crippen LogP contribution in [0.1, 0.15) is 49.5 Å². The quantitative estimate of drug-likeness (QED) is 0.863. The lowest BCUT2D eigenvalue weighted by Crippen LogP contribution is -2.40. The smallest absolute Gasteiger partial charge is 0.135 e. The monoisotopic (exact) mass is 333 g/mol. The van der Waals surface area contributed by atoms with Crippen molar-refractivity contribution in [1.82, 2.24) is 0 Å². The Kier molecular flexibility index (Phi) is 3.99. The Labute approximate surface area is 128 Å². The molecular formula is C17H20BrNO. The van der Waals surface area contributed by atoms with Gasteiger partial charge in [-0.25, -0.2) is 0 Å². The van der Waals surface area contributed by atoms with Crippen molar-refractivity contribution in [3.05, 3.63) is 58.5 Å². The van der Waals surface area contributed by atoms with Crippen LogP contribution in [-0.4, -0.2) is 0 Å².